The average molecular weight is 383 g/mol. The summed E-state index contributed by atoms with van der Waals surface area (Å²) in [5, 5.41) is 18.2. The molecule has 2 N–H and O–H groups in total. The van der Waals surface area contributed by atoms with Crippen molar-refractivity contribution >= 4 is 17.5 Å². The molecule has 0 atom stereocenters. The first-order valence-corrected chi connectivity index (χ1v) is 8.46. The topological polar surface area (TPSA) is 126 Å². The summed E-state index contributed by atoms with van der Waals surface area (Å²) >= 11 is 0. The summed E-state index contributed by atoms with van der Waals surface area (Å²) in [6.45, 7) is 4.46. The first kappa shape index (κ1) is 20.6. The van der Waals surface area contributed by atoms with E-state index in [9.17, 15) is 14.4 Å². The number of amides is 2. The lowest BCUT2D eigenvalue weighted by molar-refractivity contribution is -0.124. The molecule has 0 aliphatic heterocycles. The van der Waals surface area contributed by atoms with Gasteiger partial charge in [0.1, 0.15) is 23.9 Å². The van der Waals surface area contributed by atoms with Crippen molar-refractivity contribution in [1.82, 2.24) is 15.1 Å². The van der Waals surface area contributed by atoms with E-state index in [1.54, 1.807) is 26.0 Å². The van der Waals surface area contributed by atoms with Gasteiger partial charge < -0.3 is 15.4 Å². The Balaban J connectivity index is 2.01. The second-order valence-corrected chi connectivity index (χ2v) is 6.19. The van der Waals surface area contributed by atoms with E-state index in [-0.39, 0.29) is 12.1 Å². The van der Waals surface area contributed by atoms with Gasteiger partial charge in [-0.25, -0.2) is 4.68 Å². The Hall–Kier alpha value is -3.67. The van der Waals surface area contributed by atoms with Crippen molar-refractivity contribution in [3.63, 3.8) is 0 Å². The Bertz CT molecular complexity index is 1020. The van der Waals surface area contributed by atoms with E-state index in [1.807, 2.05) is 19.1 Å². The zero-order chi connectivity index (χ0) is 20.8. The highest BCUT2D eigenvalue weighted by Gasteiger charge is 2.15. The van der Waals surface area contributed by atoms with Crippen LogP contribution in [0, 0.1) is 32.1 Å². The van der Waals surface area contributed by atoms with Gasteiger partial charge in [0.05, 0.1) is 25.0 Å². The molecular formula is C19H21N5O4. The van der Waals surface area contributed by atoms with Gasteiger partial charge in [-0.3, -0.25) is 14.4 Å². The summed E-state index contributed by atoms with van der Waals surface area (Å²) in [6, 6.07) is 7.16. The predicted octanol–water partition coefficient (Wildman–Crippen LogP) is 0.804. The van der Waals surface area contributed by atoms with E-state index < -0.39 is 23.9 Å². The number of aromatic nitrogens is 2. The molecule has 146 valence electrons. The number of anilines is 1. The minimum absolute atomic E-state index is 0.0513. The van der Waals surface area contributed by atoms with Crippen molar-refractivity contribution < 1.29 is 14.3 Å². The lowest BCUT2D eigenvalue weighted by Gasteiger charge is -2.12. The van der Waals surface area contributed by atoms with Crippen LogP contribution in [-0.2, 0) is 16.1 Å². The van der Waals surface area contributed by atoms with Gasteiger partial charge >= 0.3 is 0 Å². The van der Waals surface area contributed by atoms with Gasteiger partial charge in [0.25, 0.3) is 5.56 Å². The normalized spacial score (nSPS) is 10.1. The molecule has 28 heavy (non-hydrogen) atoms. The summed E-state index contributed by atoms with van der Waals surface area (Å²) < 4.78 is 6.10. The van der Waals surface area contributed by atoms with Crippen molar-refractivity contribution in [2.75, 3.05) is 19.0 Å². The van der Waals surface area contributed by atoms with Crippen LogP contribution in [0.2, 0.25) is 0 Å². The smallest absolute Gasteiger partial charge is 0.285 e. The first-order chi connectivity index (χ1) is 13.3. The van der Waals surface area contributed by atoms with Crippen LogP contribution in [0.15, 0.2) is 23.0 Å². The molecule has 2 aromatic rings. The summed E-state index contributed by atoms with van der Waals surface area (Å²) in [5.41, 5.74) is 1.70. The number of nitrogens with one attached hydrogen (secondary N) is 2. The maximum Gasteiger partial charge on any atom is 0.285 e. The Labute approximate surface area is 161 Å². The molecule has 0 unspecified atom stereocenters. The van der Waals surface area contributed by atoms with Crippen LogP contribution >= 0.6 is 0 Å². The minimum Gasteiger partial charge on any atom is -0.495 e. The molecule has 0 bridgehead atoms. The van der Waals surface area contributed by atoms with Crippen LogP contribution in [0.3, 0.4) is 0 Å². The number of hydrogen-bond acceptors (Lipinski definition) is 6. The summed E-state index contributed by atoms with van der Waals surface area (Å²) in [7, 11) is 1.49. The fourth-order valence-corrected chi connectivity index (χ4v) is 2.50. The van der Waals surface area contributed by atoms with Gasteiger partial charge in [0.15, 0.2) is 0 Å². The number of carbonyl (C=O) groups is 2. The number of methoxy groups -OCH3 is 1. The van der Waals surface area contributed by atoms with Crippen molar-refractivity contribution in [2.24, 2.45) is 0 Å². The number of rotatable bonds is 6. The number of hydrogen-bond donors (Lipinski definition) is 2. The quantitative estimate of drug-likeness (QED) is 0.760. The van der Waals surface area contributed by atoms with Crippen molar-refractivity contribution in [1.29, 1.82) is 5.26 Å². The van der Waals surface area contributed by atoms with Crippen LogP contribution in [0.25, 0.3) is 0 Å². The van der Waals surface area contributed by atoms with Crippen molar-refractivity contribution in [3.8, 4) is 11.8 Å². The molecule has 0 aliphatic carbocycles. The van der Waals surface area contributed by atoms with Gasteiger partial charge in [-0.1, -0.05) is 6.07 Å². The largest absolute Gasteiger partial charge is 0.495 e. The van der Waals surface area contributed by atoms with Crippen molar-refractivity contribution in [3.05, 3.63) is 50.9 Å². The van der Waals surface area contributed by atoms with E-state index in [1.165, 1.54) is 7.11 Å². The molecule has 2 amide bonds. The Morgan fingerprint density at radius 3 is 2.61 bits per heavy atom. The van der Waals surface area contributed by atoms with E-state index in [4.69, 9.17) is 10.00 Å². The zero-order valence-electron chi connectivity index (χ0n) is 16.1. The van der Waals surface area contributed by atoms with Crippen LogP contribution in [0.5, 0.6) is 5.75 Å². The number of nitriles is 1. The highest BCUT2D eigenvalue weighted by atomic mass is 16.5. The fourth-order valence-electron chi connectivity index (χ4n) is 2.50. The standard InChI is InChI=1S/C19H21N5O4/c1-11-5-6-16(28-4)15(7-11)22-17(25)9-21-18(26)10-24-19(27)14(8-20)12(2)13(3)23-24/h5-7H,9-10H2,1-4H3,(H,21,26)(H,22,25). The van der Waals surface area contributed by atoms with Gasteiger partial charge in [0, 0.05) is 0 Å². The van der Waals surface area contributed by atoms with Gasteiger partial charge in [0.2, 0.25) is 11.8 Å². The van der Waals surface area contributed by atoms with E-state index >= 15 is 0 Å². The third-order valence-corrected chi connectivity index (χ3v) is 4.12. The Morgan fingerprint density at radius 1 is 1.25 bits per heavy atom. The Morgan fingerprint density at radius 2 is 1.96 bits per heavy atom. The average Bonchev–Trinajstić information content (AvgIpc) is 2.65. The minimum atomic E-state index is -0.644. The SMILES string of the molecule is COc1ccc(C)cc1NC(=O)CNC(=O)Cn1nc(C)c(C)c(C#N)c1=O. The molecule has 0 spiro atoms. The third kappa shape index (κ3) is 4.73. The Kier molecular flexibility index (Phi) is 6.50. The molecule has 0 saturated heterocycles. The second-order valence-electron chi connectivity index (χ2n) is 6.19. The molecular weight excluding hydrogens is 362 g/mol. The monoisotopic (exact) mass is 383 g/mol. The van der Waals surface area contributed by atoms with E-state index in [2.05, 4.69) is 15.7 Å². The number of nitrogens with zero attached hydrogens (tertiary/aromatic N) is 3. The van der Waals surface area contributed by atoms with Gasteiger partial charge in [-0.15, -0.1) is 0 Å². The van der Waals surface area contributed by atoms with E-state index in [0.29, 0.717) is 22.7 Å². The molecule has 0 aliphatic rings. The number of benzene rings is 1. The molecule has 1 aromatic heterocycles. The van der Waals surface area contributed by atoms with Crippen LogP contribution in [0.4, 0.5) is 5.69 Å². The molecule has 0 radical (unpaired) electrons. The van der Waals surface area contributed by atoms with Crippen molar-refractivity contribution in [2.45, 2.75) is 27.3 Å². The zero-order valence-corrected chi connectivity index (χ0v) is 16.1. The molecule has 0 saturated carbocycles. The number of aryl methyl sites for hydroxylation is 2. The first-order valence-electron chi connectivity index (χ1n) is 8.46. The maximum atomic E-state index is 12.2. The molecule has 9 heteroatoms. The van der Waals surface area contributed by atoms with Crippen LogP contribution in [-0.4, -0.2) is 35.2 Å². The molecule has 1 heterocycles. The highest BCUT2D eigenvalue weighted by molar-refractivity contribution is 5.95. The van der Waals surface area contributed by atoms with Crippen LogP contribution in [0.1, 0.15) is 22.4 Å². The van der Waals surface area contributed by atoms with Gasteiger partial charge in [-0.05, 0) is 44.0 Å². The predicted molar refractivity (Wildman–Crippen MR) is 102 cm³/mol. The summed E-state index contributed by atoms with van der Waals surface area (Å²) in [5.74, 6) is -0.524. The second kappa shape index (κ2) is 8.81. The fraction of sp³-hybridized carbons (Fsp3) is 0.316. The number of carbonyl (C=O) groups excluding carboxylic acids is 2. The highest BCUT2D eigenvalue weighted by Crippen LogP contribution is 2.24. The van der Waals surface area contributed by atoms with E-state index in [0.717, 1.165) is 10.2 Å². The molecule has 9 nitrogen and oxygen atoms in total. The molecule has 2 rings (SSSR count). The summed E-state index contributed by atoms with van der Waals surface area (Å²) in [6.07, 6.45) is 0. The maximum absolute atomic E-state index is 12.2. The number of ether oxygens (including phenoxy) is 1. The van der Waals surface area contributed by atoms with Gasteiger partial charge in [-0.2, -0.15) is 10.4 Å². The molecule has 1 aromatic carbocycles. The third-order valence-electron chi connectivity index (χ3n) is 4.12. The van der Waals surface area contributed by atoms with Crippen LogP contribution < -0.4 is 20.9 Å². The molecule has 0 fully saturated rings. The summed E-state index contributed by atoms with van der Waals surface area (Å²) in [4.78, 5) is 36.4. The lowest BCUT2D eigenvalue weighted by Crippen LogP contribution is -2.38. The lowest BCUT2D eigenvalue weighted by atomic mass is 10.1.